The van der Waals surface area contributed by atoms with Crippen LogP contribution in [0.25, 0.3) is 0 Å². The van der Waals surface area contributed by atoms with Crippen LogP contribution in [0.15, 0.2) is 0 Å². The van der Waals surface area contributed by atoms with Gasteiger partial charge in [-0.3, -0.25) is 0 Å². The highest BCUT2D eigenvalue weighted by atomic mass is 16.5. The van der Waals surface area contributed by atoms with Gasteiger partial charge in [0.1, 0.15) is 0 Å². The van der Waals surface area contributed by atoms with Crippen LogP contribution in [0.3, 0.4) is 0 Å². The van der Waals surface area contributed by atoms with Gasteiger partial charge in [-0.1, -0.05) is 84.0 Å². The van der Waals surface area contributed by atoms with Crippen molar-refractivity contribution >= 4 is 6.09 Å². The van der Waals surface area contributed by atoms with E-state index in [-0.39, 0.29) is 0 Å². The molecule has 0 unspecified atom stereocenters. The Morgan fingerprint density at radius 1 is 0.737 bits per heavy atom. The van der Waals surface area contributed by atoms with Gasteiger partial charge >= 0.3 is 6.09 Å². The van der Waals surface area contributed by atoms with Crippen molar-refractivity contribution in [1.29, 1.82) is 0 Å². The standard InChI is InChI=1S/C16H32NO2/c1-2-3-4-5-6-7-8-9-10-11-12-13-14-15-19-16(17)18/h17H,2-15H2,1H3. The number of hydrogen-bond acceptors (Lipinski definition) is 2. The minimum absolute atomic E-state index is 0.417. The molecular formula is C16H32NO2. The topological polar surface area (TPSA) is 50.1 Å². The zero-order chi connectivity index (χ0) is 14.2. The zero-order valence-corrected chi connectivity index (χ0v) is 12.7. The summed E-state index contributed by atoms with van der Waals surface area (Å²) in [6, 6.07) is 0. The van der Waals surface area contributed by atoms with Gasteiger partial charge in [0.05, 0.1) is 6.61 Å². The third kappa shape index (κ3) is 17.3. The van der Waals surface area contributed by atoms with Gasteiger partial charge in [-0.2, -0.15) is 0 Å². The van der Waals surface area contributed by atoms with Crippen LogP contribution in [0.2, 0.25) is 0 Å². The molecule has 19 heavy (non-hydrogen) atoms. The van der Waals surface area contributed by atoms with E-state index in [2.05, 4.69) is 11.7 Å². The molecule has 0 bridgehead atoms. The highest BCUT2D eigenvalue weighted by Gasteiger charge is 1.95. The fourth-order valence-corrected chi connectivity index (χ4v) is 2.28. The van der Waals surface area contributed by atoms with Crippen molar-refractivity contribution in [3.8, 4) is 0 Å². The molecular weight excluding hydrogens is 238 g/mol. The number of hydrogen-bond donors (Lipinski definition) is 0. The summed E-state index contributed by atoms with van der Waals surface area (Å²) in [4.78, 5) is 10.2. The molecule has 0 aliphatic heterocycles. The van der Waals surface area contributed by atoms with E-state index in [1.54, 1.807) is 0 Å². The molecule has 0 spiro atoms. The zero-order valence-electron chi connectivity index (χ0n) is 12.7. The smallest absolute Gasteiger partial charge is 0.426 e. The number of nitrogens with one attached hydrogen (secondary N) is 1. The van der Waals surface area contributed by atoms with Gasteiger partial charge in [0.25, 0.3) is 0 Å². The van der Waals surface area contributed by atoms with Crippen molar-refractivity contribution < 1.29 is 9.53 Å². The van der Waals surface area contributed by atoms with Crippen LogP contribution in [0.5, 0.6) is 0 Å². The predicted octanol–water partition coefficient (Wildman–Crippen LogP) is 5.50. The maximum Gasteiger partial charge on any atom is 0.426 e. The van der Waals surface area contributed by atoms with E-state index in [0.717, 1.165) is 12.8 Å². The Morgan fingerprint density at radius 2 is 1.11 bits per heavy atom. The van der Waals surface area contributed by atoms with Crippen LogP contribution in [-0.2, 0) is 4.74 Å². The van der Waals surface area contributed by atoms with Gasteiger partial charge in [-0.25, -0.2) is 10.5 Å². The monoisotopic (exact) mass is 270 g/mol. The molecule has 0 aromatic carbocycles. The normalized spacial score (nSPS) is 10.6. The second-order valence-corrected chi connectivity index (χ2v) is 5.38. The lowest BCUT2D eigenvalue weighted by Gasteiger charge is -2.03. The lowest BCUT2D eigenvalue weighted by molar-refractivity contribution is 0.152. The van der Waals surface area contributed by atoms with Crippen LogP contribution >= 0.6 is 0 Å². The quantitative estimate of drug-likeness (QED) is 0.391. The van der Waals surface area contributed by atoms with Gasteiger partial charge in [0.2, 0.25) is 0 Å². The first kappa shape index (κ1) is 18.3. The molecule has 1 N–H and O–H groups in total. The summed E-state index contributed by atoms with van der Waals surface area (Å²) >= 11 is 0. The molecule has 0 atom stereocenters. The summed E-state index contributed by atoms with van der Waals surface area (Å²) in [6.45, 7) is 2.68. The van der Waals surface area contributed by atoms with Crippen LogP contribution in [-0.4, -0.2) is 12.7 Å². The highest BCUT2D eigenvalue weighted by Crippen LogP contribution is 2.12. The molecule has 0 aromatic rings. The minimum atomic E-state index is -0.904. The van der Waals surface area contributed by atoms with E-state index in [1.165, 1.54) is 70.6 Å². The Kier molecular flexibility index (Phi) is 14.7. The number of carbonyl (C=O) groups is 1. The molecule has 0 fully saturated rings. The molecule has 3 heteroatoms. The van der Waals surface area contributed by atoms with Crippen molar-refractivity contribution in [2.45, 2.75) is 90.4 Å². The summed E-state index contributed by atoms with van der Waals surface area (Å²) in [6.07, 6.45) is 16.1. The molecule has 0 aliphatic rings. The summed E-state index contributed by atoms with van der Waals surface area (Å²) in [5.41, 5.74) is 6.58. The maximum atomic E-state index is 10.2. The van der Waals surface area contributed by atoms with Crippen LogP contribution in [0.4, 0.5) is 4.79 Å². The fraction of sp³-hybridized carbons (Fsp3) is 0.938. The van der Waals surface area contributed by atoms with Gasteiger partial charge in [0, 0.05) is 0 Å². The average Bonchev–Trinajstić information content (AvgIpc) is 2.39. The SMILES string of the molecule is CCCCCCCCCCCCCCCOC([NH])=O. The number of ether oxygens (including phenoxy) is 1. The number of rotatable bonds is 14. The summed E-state index contributed by atoms with van der Waals surface area (Å²) in [5.74, 6) is 0. The third-order valence-electron chi connectivity index (χ3n) is 3.48. The van der Waals surface area contributed by atoms with Crippen molar-refractivity contribution in [2.24, 2.45) is 0 Å². The van der Waals surface area contributed by atoms with Crippen molar-refractivity contribution in [3.05, 3.63) is 0 Å². The number of amides is 1. The summed E-state index contributed by atoms with van der Waals surface area (Å²) in [5, 5.41) is 0. The highest BCUT2D eigenvalue weighted by molar-refractivity contribution is 5.63. The Morgan fingerprint density at radius 3 is 1.47 bits per heavy atom. The molecule has 1 radical (unpaired) electrons. The van der Waals surface area contributed by atoms with Gasteiger partial charge in [0.15, 0.2) is 0 Å². The minimum Gasteiger partial charge on any atom is -0.448 e. The average molecular weight is 270 g/mol. The fourth-order valence-electron chi connectivity index (χ4n) is 2.28. The van der Waals surface area contributed by atoms with E-state index < -0.39 is 6.09 Å². The Labute approximate surface area is 119 Å². The predicted molar refractivity (Wildman–Crippen MR) is 80.1 cm³/mol. The first-order valence-corrected chi connectivity index (χ1v) is 8.15. The van der Waals surface area contributed by atoms with E-state index >= 15 is 0 Å². The summed E-state index contributed by atoms with van der Waals surface area (Å²) < 4.78 is 4.57. The van der Waals surface area contributed by atoms with E-state index in [0.29, 0.717) is 6.61 Å². The second kappa shape index (κ2) is 15.3. The maximum absolute atomic E-state index is 10.2. The summed E-state index contributed by atoms with van der Waals surface area (Å²) in [7, 11) is 0. The number of carbonyl (C=O) groups excluding carboxylic acids is 1. The molecule has 0 aromatic heterocycles. The van der Waals surface area contributed by atoms with Crippen molar-refractivity contribution in [1.82, 2.24) is 5.73 Å². The van der Waals surface area contributed by atoms with Crippen LogP contribution in [0.1, 0.15) is 90.4 Å². The molecule has 0 saturated carbocycles. The third-order valence-corrected chi connectivity index (χ3v) is 3.48. The van der Waals surface area contributed by atoms with Gasteiger partial charge in [-0.05, 0) is 6.42 Å². The van der Waals surface area contributed by atoms with Gasteiger partial charge < -0.3 is 4.74 Å². The lowest BCUT2D eigenvalue weighted by Crippen LogP contribution is -2.03. The molecule has 0 heterocycles. The van der Waals surface area contributed by atoms with E-state index in [1.807, 2.05) is 0 Å². The first-order chi connectivity index (χ1) is 9.27. The molecule has 113 valence electrons. The van der Waals surface area contributed by atoms with Crippen LogP contribution in [0, 0.1) is 0 Å². The Balaban J connectivity index is 2.93. The van der Waals surface area contributed by atoms with E-state index in [4.69, 9.17) is 5.73 Å². The molecule has 0 saturated heterocycles. The van der Waals surface area contributed by atoms with E-state index in [9.17, 15) is 4.79 Å². The van der Waals surface area contributed by atoms with Crippen molar-refractivity contribution in [2.75, 3.05) is 6.61 Å². The molecule has 3 nitrogen and oxygen atoms in total. The van der Waals surface area contributed by atoms with Crippen LogP contribution < -0.4 is 5.73 Å². The molecule has 1 amide bonds. The Hall–Kier alpha value is -0.730. The second-order valence-electron chi connectivity index (χ2n) is 5.38. The number of unbranched alkanes of at least 4 members (excludes halogenated alkanes) is 12. The van der Waals surface area contributed by atoms with Crippen molar-refractivity contribution in [3.63, 3.8) is 0 Å². The largest absolute Gasteiger partial charge is 0.448 e. The lowest BCUT2D eigenvalue weighted by atomic mass is 10.0. The van der Waals surface area contributed by atoms with Gasteiger partial charge in [-0.15, -0.1) is 0 Å². The first-order valence-electron chi connectivity index (χ1n) is 8.15. The molecule has 0 aliphatic carbocycles. The Bertz CT molecular complexity index is 195. The molecule has 0 rings (SSSR count).